The van der Waals surface area contributed by atoms with Gasteiger partial charge in [0.1, 0.15) is 0 Å². The Morgan fingerprint density at radius 2 is 1.88 bits per heavy atom. The molecule has 0 aromatic heterocycles. The van der Waals surface area contributed by atoms with E-state index in [1.54, 1.807) is 14.2 Å². The first-order valence-electron chi connectivity index (χ1n) is 6.16. The fourth-order valence-electron chi connectivity index (χ4n) is 1.84. The number of ether oxygens (including phenoxy) is 2. The molecule has 1 atom stereocenters. The minimum absolute atomic E-state index is 0.153. The van der Waals surface area contributed by atoms with Crippen LogP contribution >= 0.6 is 0 Å². The summed E-state index contributed by atoms with van der Waals surface area (Å²) in [6, 6.07) is 0. The predicted molar refractivity (Wildman–Crippen MR) is 63.5 cm³/mol. The van der Waals surface area contributed by atoms with E-state index in [0.29, 0.717) is 5.92 Å². The van der Waals surface area contributed by atoms with Crippen LogP contribution in [0.1, 0.15) is 19.3 Å². The molecule has 0 saturated heterocycles. The largest absolute Gasteiger partial charge is 0.392 e. The molecule has 16 heavy (non-hydrogen) atoms. The van der Waals surface area contributed by atoms with E-state index in [0.717, 1.165) is 39.3 Å². The van der Waals surface area contributed by atoms with E-state index in [1.807, 2.05) is 0 Å². The Balaban J connectivity index is 2.18. The van der Waals surface area contributed by atoms with Crippen molar-refractivity contribution >= 4 is 0 Å². The van der Waals surface area contributed by atoms with Crippen molar-refractivity contribution in [2.45, 2.75) is 25.4 Å². The van der Waals surface area contributed by atoms with Crippen molar-refractivity contribution in [3.63, 3.8) is 0 Å². The number of nitrogens with zero attached hydrogens (tertiary/aromatic N) is 1. The molecule has 1 aliphatic rings. The first kappa shape index (κ1) is 13.9. The van der Waals surface area contributed by atoms with E-state index in [1.165, 1.54) is 12.8 Å². The van der Waals surface area contributed by atoms with Crippen LogP contribution in [0.4, 0.5) is 0 Å². The van der Waals surface area contributed by atoms with Gasteiger partial charge in [0.05, 0.1) is 12.7 Å². The quantitative estimate of drug-likeness (QED) is 0.563. The standard InChI is InChI=1S/C12H25NO3/c1-15-8-3-6-13(7-9-16-2)10-12(14)11-4-5-11/h11-12,14H,3-10H2,1-2H3. The number of hydrogen-bond donors (Lipinski definition) is 1. The van der Waals surface area contributed by atoms with Crippen LogP contribution in [0.25, 0.3) is 0 Å². The zero-order valence-corrected chi connectivity index (χ0v) is 10.5. The van der Waals surface area contributed by atoms with Crippen LogP contribution < -0.4 is 0 Å². The SMILES string of the molecule is COCCCN(CCOC)CC(O)C1CC1. The Labute approximate surface area is 98.5 Å². The lowest BCUT2D eigenvalue weighted by Crippen LogP contribution is -2.36. The van der Waals surface area contributed by atoms with Crippen molar-refractivity contribution in [1.82, 2.24) is 4.90 Å². The Kier molecular flexibility index (Phi) is 6.96. The van der Waals surface area contributed by atoms with Gasteiger partial charge in [0.25, 0.3) is 0 Å². The number of rotatable bonds is 10. The van der Waals surface area contributed by atoms with Crippen LogP contribution in [-0.4, -0.2) is 63.2 Å². The highest BCUT2D eigenvalue weighted by Gasteiger charge is 2.30. The van der Waals surface area contributed by atoms with Gasteiger partial charge in [0.2, 0.25) is 0 Å². The van der Waals surface area contributed by atoms with Crippen molar-refractivity contribution in [1.29, 1.82) is 0 Å². The van der Waals surface area contributed by atoms with Gasteiger partial charge in [-0.05, 0) is 25.2 Å². The van der Waals surface area contributed by atoms with Gasteiger partial charge < -0.3 is 14.6 Å². The van der Waals surface area contributed by atoms with Crippen molar-refractivity contribution in [3.8, 4) is 0 Å². The lowest BCUT2D eigenvalue weighted by molar-refractivity contribution is 0.0711. The van der Waals surface area contributed by atoms with Crippen molar-refractivity contribution in [2.24, 2.45) is 5.92 Å². The normalized spacial score (nSPS) is 18.0. The van der Waals surface area contributed by atoms with Crippen LogP contribution in [0.15, 0.2) is 0 Å². The van der Waals surface area contributed by atoms with Crippen molar-refractivity contribution in [2.75, 3.05) is 47.1 Å². The molecule has 96 valence electrons. The Bertz CT molecular complexity index is 174. The van der Waals surface area contributed by atoms with E-state index in [4.69, 9.17) is 9.47 Å². The topological polar surface area (TPSA) is 41.9 Å². The Morgan fingerprint density at radius 1 is 1.19 bits per heavy atom. The Morgan fingerprint density at radius 3 is 2.44 bits per heavy atom. The van der Waals surface area contributed by atoms with E-state index in [2.05, 4.69) is 4.90 Å². The predicted octanol–water partition coefficient (Wildman–Crippen LogP) is 0.742. The molecule has 1 unspecified atom stereocenters. The molecule has 4 heteroatoms. The minimum atomic E-state index is -0.153. The molecule has 0 aromatic rings. The van der Waals surface area contributed by atoms with E-state index in [9.17, 15) is 5.11 Å². The molecule has 1 saturated carbocycles. The molecule has 1 aliphatic carbocycles. The fourth-order valence-corrected chi connectivity index (χ4v) is 1.84. The van der Waals surface area contributed by atoms with Gasteiger partial charge in [0, 0.05) is 40.5 Å². The molecule has 4 nitrogen and oxygen atoms in total. The fraction of sp³-hybridized carbons (Fsp3) is 1.00. The highest BCUT2D eigenvalue weighted by atomic mass is 16.5. The second kappa shape index (κ2) is 8.01. The molecule has 0 bridgehead atoms. The van der Waals surface area contributed by atoms with E-state index in [-0.39, 0.29) is 6.10 Å². The van der Waals surface area contributed by atoms with Crippen LogP contribution in [0.5, 0.6) is 0 Å². The molecule has 0 amide bonds. The summed E-state index contributed by atoms with van der Waals surface area (Å²) >= 11 is 0. The van der Waals surface area contributed by atoms with Crippen molar-refractivity contribution < 1.29 is 14.6 Å². The number of hydrogen-bond acceptors (Lipinski definition) is 4. The van der Waals surface area contributed by atoms with E-state index >= 15 is 0 Å². The molecule has 0 radical (unpaired) electrons. The average Bonchev–Trinajstić information content (AvgIpc) is 3.09. The van der Waals surface area contributed by atoms with Gasteiger partial charge >= 0.3 is 0 Å². The van der Waals surface area contributed by atoms with E-state index < -0.39 is 0 Å². The zero-order chi connectivity index (χ0) is 11.8. The lowest BCUT2D eigenvalue weighted by atomic mass is 10.2. The highest BCUT2D eigenvalue weighted by Crippen LogP contribution is 2.32. The molecule has 0 heterocycles. The summed E-state index contributed by atoms with van der Waals surface area (Å²) < 4.78 is 10.1. The third-order valence-corrected chi connectivity index (χ3v) is 3.05. The number of aliphatic hydroxyl groups excluding tert-OH is 1. The van der Waals surface area contributed by atoms with Crippen LogP contribution in [0, 0.1) is 5.92 Å². The van der Waals surface area contributed by atoms with Gasteiger partial charge in [-0.1, -0.05) is 0 Å². The summed E-state index contributed by atoms with van der Waals surface area (Å²) in [5, 5.41) is 9.90. The minimum Gasteiger partial charge on any atom is -0.392 e. The van der Waals surface area contributed by atoms with Gasteiger partial charge in [-0.15, -0.1) is 0 Å². The number of aliphatic hydroxyl groups is 1. The summed E-state index contributed by atoms with van der Waals surface area (Å²) in [5.41, 5.74) is 0. The summed E-state index contributed by atoms with van der Waals surface area (Å²) in [6.45, 7) is 4.15. The molecule has 0 spiro atoms. The Hall–Kier alpha value is -0.160. The lowest BCUT2D eigenvalue weighted by Gasteiger charge is -2.24. The highest BCUT2D eigenvalue weighted by molar-refractivity contribution is 4.82. The molecule has 1 rings (SSSR count). The maximum atomic E-state index is 9.90. The molecular weight excluding hydrogens is 206 g/mol. The number of methoxy groups -OCH3 is 2. The second-order valence-corrected chi connectivity index (χ2v) is 4.54. The maximum Gasteiger partial charge on any atom is 0.0695 e. The van der Waals surface area contributed by atoms with Gasteiger partial charge in [-0.25, -0.2) is 0 Å². The summed E-state index contributed by atoms with van der Waals surface area (Å²) in [4.78, 5) is 2.27. The first-order chi connectivity index (χ1) is 7.77. The van der Waals surface area contributed by atoms with Gasteiger partial charge in [-0.2, -0.15) is 0 Å². The van der Waals surface area contributed by atoms with Gasteiger partial charge in [0.15, 0.2) is 0 Å². The molecule has 1 fully saturated rings. The first-order valence-corrected chi connectivity index (χ1v) is 6.16. The van der Waals surface area contributed by atoms with Crippen LogP contribution in [0.3, 0.4) is 0 Å². The molecular formula is C12H25NO3. The average molecular weight is 231 g/mol. The van der Waals surface area contributed by atoms with Crippen molar-refractivity contribution in [3.05, 3.63) is 0 Å². The van der Waals surface area contributed by atoms with Crippen LogP contribution in [-0.2, 0) is 9.47 Å². The monoisotopic (exact) mass is 231 g/mol. The molecule has 0 aromatic carbocycles. The molecule has 1 N–H and O–H groups in total. The second-order valence-electron chi connectivity index (χ2n) is 4.54. The van der Waals surface area contributed by atoms with Gasteiger partial charge in [-0.3, -0.25) is 4.90 Å². The van der Waals surface area contributed by atoms with Crippen LogP contribution in [0.2, 0.25) is 0 Å². The third kappa shape index (κ3) is 5.80. The zero-order valence-electron chi connectivity index (χ0n) is 10.5. The summed E-state index contributed by atoms with van der Waals surface area (Å²) in [6.07, 6.45) is 3.24. The third-order valence-electron chi connectivity index (χ3n) is 3.05. The summed E-state index contributed by atoms with van der Waals surface area (Å²) in [7, 11) is 3.43. The summed E-state index contributed by atoms with van der Waals surface area (Å²) in [5.74, 6) is 0.549. The smallest absolute Gasteiger partial charge is 0.0695 e. The molecule has 0 aliphatic heterocycles. The maximum absolute atomic E-state index is 9.90.